The highest BCUT2D eigenvalue weighted by Gasteiger charge is 2.12. The smallest absolute Gasteiger partial charge is 0.148 e. The molecule has 0 saturated heterocycles. The van der Waals surface area contributed by atoms with Gasteiger partial charge in [-0.15, -0.1) is 5.10 Å². The largest absolute Gasteiger partial charge is 0.487 e. The maximum absolute atomic E-state index is 6.08. The highest BCUT2D eigenvalue weighted by atomic mass is 16.5. The first-order valence-electron chi connectivity index (χ1n) is 10.6. The average molecular weight is 402 g/mol. The molecule has 1 N–H and O–H groups in total. The predicted molar refractivity (Wildman–Crippen MR) is 117 cm³/mol. The Morgan fingerprint density at radius 2 is 1.93 bits per heavy atom. The molecule has 0 bridgehead atoms. The van der Waals surface area contributed by atoms with Gasteiger partial charge in [0.05, 0.1) is 11.2 Å². The number of H-pyrrole nitrogens is 1. The van der Waals surface area contributed by atoms with Crippen LogP contribution < -0.4 is 4.74 Å². The van der Waals surface area contributed by atoms with Crippen molar-refractivity contribution in [2.24, 2.45) is 0 Å². The number of aromatic nitrogens is 5. The average Bonchev–Trinajstić information content (AvgIpc) is 3.31. The molecule has 2 aromatic carbocycles. The SMILES string of the molecule is CCCC(CCCc1nnn[nH]1)c1cccc(OCc2ccc3ccccc3n2)c1. The first kappa shape index (κ1) is 20.0. The van der Waals surface area contributed by atoms with Gasteiger partial charge in [-0.25, -0.2) is 10.1 Å². The van der Waals surface area contributed by atoms with Gasteiger partial charge in [0.1, 0.15) is 18.2 Å². The van der Waals surface area contributed by atoms with Crippen molar-refractivity contribution in [2.45, 2.75) is 51.6 Å². The van der Waals surface area contributed by atoms with Crippen LogP contribution in [0.3, 0.4) is 0 Å². The van der Waals surface area contributed by atoms with Crippen molar-refractivity contribution in [3.8, 4) is 5.75 Å². The van der Waals surface area contributed by atoms with Crippen molar-refractivity contribution in [2.75, 3.05) is 0 Å². The molecule has 4 aromatic rings. The molecule has 6 heteroatoms. The first-order valence-corrected chi connectivity index (χ1v) is 10.6. The summed E-state index contributed by atoms with van der Waals surface area (Å²) >= 11 is 0. The maximum atomic E-state index is 6.08. The Bertz CT molecular complexity index is 1060. The second-order valence-corrected chi connectivity index (χ2v) is 7.58. The lowest BCUT2D eigenvalue weighted by molar-refractivity contribution is 0.301. The molecule has 30 heavy (non-hydrogen) atoms. The van der Waals surface area contributed by atoms with E-state index < -0.39 is 0 Å². The number of aromatic amines is 1. The molecule has 2 aromatic heterocycles. The maximum Gasteiger partial charge on any atom is 0.148 e. The molecule has 0 radical (unpaired) electrons. The fourth-order valence-corrected chi connectivity index (χ4v) is 3.83. The number of para-hydroxylation sites is 1. The van der Waals surface area contributed by atoms with Gasteiger partial charge in [-0.2, -0.15) is 0 Å². The summed E-state index contributed by atoms with van der Waals surface area (Å²) in [5.74, 6) is 2.25. The van der Waals surface area contributed by atoms with E-state index in [1.165, 1.54) is 5.56 Å². The normalized spacial score (nSPS) is 12.2. The van der Waals surface area contributed by atoms with Gasteiger partial charge in [0.25, 0.3) is 0 Å². The summed E-state index contributed by atoms with van der Waals surface area (Å²) in [5.41, 5.74) is 3.26. The summed E-state index contributed by atoms with van der Waals surface area (Å²) in [5, 5.41) is 15.2. The number of fused-ring (bicyclic) bond motifs is 1. The molecule has 0 saturated carbocycles. The van der Waals surface area contributed by atoms with Crippen molar-refractivity contribution in [3.63, 3.8) is 0 Å². The molecule has 4 rings (SSSR count). The minimum atomic E-state index is 0.464. The van der Waals surface area contributed by atoms with Crippen molar-refractivity contribution >= 4 is 10.9 Å². The van der Waals surface area contributed by atoms with Gasteiger partial charge in [0.15, 0.2) is 0 Å². The molecule has 0 fully saturated rings. The minimum absolute atomic E-state index is 0.464. The highest BCUT2D eigenvalue weighted by molar-refractivity contribution is 5.78. The second-order valence-electron chi connectivity index (χ2n) is 7.58. The molecule has 0 aliphatic carbocycles. The molecule has 1 unspecified atom stereocenters. The van der Waals surface area contributed by atoms with Crippen molar-refractivity contribution in [3.05, 3.63) is 77.7 Å². The Labute approximate surface area is 176 Å². The summed E-state index contributed by atoms with van der Waals surface area (Å²) < 4.78 is 6.08. The summed E-state index contributed by atoms with van der Waals surface area (Å²) in [6.45, 7) is 2.70. The van der Waals surface area contributed by atoms with Gasteiger partial charge >= 0.3 is 0 Å². The Balaban J connectivity index is 1.39. The van der Waals surface area contributed by atoms with E-state index in [-0.39, 0.29) is 0 Å². The lowest BCUT2D eigenvalue weighted by Crippen LogP contribution is -2.02. The molecular formula is C24H27N5O. The number of hydrogen-bond acceptors (Lipinski definition) is 5. The quantitative estimate of drug-likeness (QED) is 0.393. The van der Waals surface area contributed by atoms with Crippen LogP contribution in [-0.4, -0.2) is 25.6 Å². The number of nitrogens with one attached hydrogen (secondary N) is 1. The van der Waals surface area contributed by atoms with Crippen LogP contribution in [0.25, 0.3) is 10.9 Å². The number of pyridine rings is 1. The van der Waals surface area contributed by atoms with Crippen molar-refractivity contribution in [1.82, 2.24) is 25.6 Å². The first-order chi connectivity index (χ1) is 14.8. The van der Waals surface area contributed by atoms with E-state index in [1.807, 2.05) is 30.3 Å². The molecule has 0 aliphatic heterocycles. The highest BCUT2D eigenvalue weighted by Crippen LogP contribution is 2.29. The van der Waals surface area contributed by atoms with Gasteiger partial charge in [-0.1, -0.05) is 49.7 Å². The van der Waals surface area contributed by atoms with Crippen LogP contribution in [-0.2, 0) is 13.0 Å². The van der Waals surface area contributed by atoms with Crippen LogP contribution in [0.4, 0.5) is 0 Å². The van der Waals surface area contributed by atoms with Crippen LogP contribution in [0, 0.1) is 0 Å². The van der Waals surface area contributed by atoms with E-state index in [2.05, 4.69) is 57.9 Å². The Kier molecular flexibility index (Phi) is 6.65. The standard InChI is InChI=1S/C24H27N5O/c1-2-7-18(9-6-13-24-26-28-29-27-24)20-10-5-11-22(16-20)30-17-21-15-14-19-8-3-4-12-23(19)25-21/h3-5,8,10-12,14-16,18H,2,6-7,9,13,17H2,1H3,(H,26,27,28,29). The van der Waals surface area contributed by atoms with Gasteiger partial charge in [0.2, 0.25) is 0 Å². The van der Waals surface area contributed by atoms with E-state index in [0.717, 1.165) is 60.3 Å². The summed E-state index contributed by atoms with van der Waals surface area (Å²) in [6.07, 6.45) is 5.33. The monoisotopic (exact) mass is 401 g/mol. The van der Waals surface area contributed by atoms with E-state index >= 15 is 0 Å². The fraction of sp³-hybridized carbons (Fsp3) is 0.333. The summed E-state index contributed by atoms with van der Waals surface area (Å²) in [4.78, 5) is 4.70. The van der Waals surface area contributed by atoms with E-state index in [1.54, 1.807) is 0 Å². The fourth-order valence-electron chi connectivity index (χ4n) is 3.83. The molecule has 0 amide bonds. The van der Waals surface area contributed by atoms with Crippen molar-refractivity contribution in [1.29, 1.82) is 0 Å². The second kappa shape index (κ2) is 9.96. The molecule has 0 aliphatic rings. The van der Waals surface area contributed by atoms with Crippen LogP contribution in [0.1, 0.15) is 55.6 Å². The molecule has 0 spiro atoms. The van der Waals surface area contributed by atoms with Crippen LogP contribution in [0.5, 0.6) is 5.75 Å². The number of hydrogen-bond donors (Lipinski definition) is 1. The summed E-state index contributed by atoms with van der Waals surface area (Å²) in [6, 6.07) is 20.8. The topological polar surface area (TPSA) is 76.6 Å². The third kappa shape index (κ3) is 5.20. The van der Waals surface area contributed by atoms with Gasteiger partial charge in [0, 0.05) is 11.8 Å². The predicted octanol–water partition coefficient (Wildman–Crippen LogP) is 5.23. The third-order valence-corrected chi connectivity index (χ3v) is 5.36. The summed E-state index contributed by atoms with van der Waals surface area (Å²) in [7, 11) is 0. The number of rotatable bonds is 10. The van der Waals surface area contributed by atoms with Crippen LogP contribution in [0.2, 0.25) is 0 Å². The number of tetrazole rings is 1. The Morgan fingerprint density at radius 3 is 2.80 bits per heavy atom. The van der Waals surface area contributed by atoms with Gasteiger partial charge in [-0.3, -0.25) is 0 Å². The van der Waals surface area contributed by atoms with Gasteiger partial charge < -0.3 is 4.74 Å². The molecule has 6 nitrogen and oxygen atoms in total. The van der Waals surface area contributed by atoms with Gasteiger partial charge in [-0.05, 0) is 65.4 Å². The van der Waals surface area contributed by atoms with E-state index in [0.29, 0.717) is 12.5 Å². The lowest BCUT2D eigenvalue weighted by Gasteiger charge is -2.17. The molecule has 2 heterocycles. The number of aryl methyl sites for hydroxylation is 1. The van der Waals surface area contributed by atoms with Crippen molar-refractivity contribution < 1.29 is 4.74 Å². The number of benzene rings is 2. The zero-order valence-electron chi connectivity index (χ0n) is 17.3. The molecular weight excluding hydrogens is 374 g/mol. The minimum Gasteiger partial charge on any atom is -0.487 e. The van der Waals surface area contributed by atoms with Crippen LogP contribution >= 0.6 is 0 Å². The van der Waals surface area contributed by atoms with E-state index in [4.69, 9.17) is 9.72 Å². The Hall–Kier alpha value is -3.28. The van der Waals surface area contributed by atoms with Crippen LogP contribution in [0.15, 0.2) is 60.7 Å². The third-order valence-electron chi connectivity index (χ3n) is 5.36. The Morgan fingerprint density at radius 1 is 1.00 bits per heavy atom. The lowest BCUT2D eigenvalue weighted by atomic mass is 9.89. The van der Waals surface area contributed by atoms with E-state index in [9.17, 15) is 0 Å². The molecule has 1 atom stereocenters. The molecule has 154 valence electrons. The zero-order valence-corrected chi connectivity index (χ0v) is 17.3. The zero-order chi connectivity index (χ0) is 20.6. The number of nitrogens with zero attached hydrogens (tertiary/aromatic N) is 4. The number of ether oxygens (including phenoxy) is 1.